The maximum atomic E-state index is 10.5. The summed E-state index contributed by atoms with van der Waals surface area (Å²) in [5.41, 5.74) is 0. The van der Waals surface area contributed by atoms with Crippen molar-refractivity contribution in [3.63, 3.8) is 0 Å². The molecule has 0 aliphatic carbocycles. The summed E-state index contributed by atoms with van der Waals surface area (Å²) in [6.07, 6.45) is 2.90. The Kier molecular flexibility index (Phi) is 6.62. The normalized spacial score (nSPS) is 8.69. The Morgan fingerprint density at radius 3 is 2.46 bits per heavy atom. The van der Waals surface area contributed by atoms with E-state index in [1.54, 1.807) is 6.92 Å². The van der Waals surface area contributed by atoms with Gasteiger partial charge in [0.2, 0.25) is 0 Å². The average molecular weight is 182 g/mol. The van der Waals surface area contributed by atoms with Gasteiger partial charge in [-0.15, -0.1) is 5.92 Å². The third kappa shape index (κ3) is 10.7. The molecule has 0 aromatic carbocycles. The van der Waals surface area contributed by atoms with Crippen molar-refractivity contribution in [1.82, 2.24) is 0 Å². The Labute approximate surface area is 78.1 Å². The summed E-state index contributed by atoms with van der Waals surface area (Å²) in [6, 6.07) is 0. The van der Waals surface area contributed by atoms with Crippen molar-refractivity contribution in [1.29, 1.82) is 0 Å². The largest absolute Gasteiger partial charge is 0.481 e. The molecular weight excluding hydrogens is 168 g/mol. The van der Waals surface area contributed by atoms with E-state index >= 15 is 0 Å². The maximum absolute atomic E-state index is 10.5. The quantitative estimate of drug-likeness (QED) is 0.519. The average Bonchev–Trinajstić information content (AvgIpc) is 2.01. The molecule has 13 heavy (non-hydrogen) atoms. The van der Waals surface area contributed by atoms with Crippen LogP contribution in [0.25, 0.3) is 0 Å². The number of hydrogen-bond donors (Lipinski definition) is 1. The summed E-state index contributed by atoms with van der Waals surface area (Å²) in [6.45, 7) is 1.57. The summed E-state index contributed by atoms with van der Waals surface area (Å²) >= 11 is 0. The van der Waals surface area contributed by atoms with Crippen LogP contribution < -0.4 is 0 Å². The first-order valence-corrected chi connectivity index (χ1v) is 4.30. The lowest BCUT2D eigenvalue weighted by Gasteiger charge is -1.91. The molecule has 0 aromatic rings. The number of carbonyl (C=O) groups is 2. The number of ketones is 1. The van der Waals surface area contributed by atoms with E-state index in [4.69, 9.17) is 5.11 Å². The van der Waals surface area contributed by atoms with Crippen LogP contribution in [0.15, 0.2) is 0 Å². The van der Waals surface area contributed by atoms with E-state index in [0.717, 1.165) is 12.8 Å². The predicted octanol–water partition coefficient (Wildman–Crippen LogP) is 1.61. The zero-order chi connectivity index (χ0) is 10.1. The number of aliphatic carboxylic acids is 1. The van der Waals surface area contributed by atoms with Gasteiger partial charge in [-0.2, -0.15) is 0 Å². The Morgan fingerprint density at radius 1 is 1.23 bits per heavy atom. The van der Waals surface area contributed by atoms with Crippen LogP contribution >= 0.6 is 0 Å². The minimum absolute atomic E-state index is 0.0906. The van der Waals surface area contributed by atoms with Crippen molar-refractivity contribution >= 4 is 11.8 Å². The highest BCUT2D eigenvalue weighted by atomic mass is 16.4. The fourth-order valence-corrected chi connectivity index (χ4v) is 0.814. The van der Waals surface area contributed by atoms with Crippen molar-refractivity contribution < 1.29 is 14.7 Å². The van der Waals surface area contributed by atoms with E-state index in [2.05, 4.69) is 11.8 Å². The van der Waals surface area contributed by atoms with Crippen LogP contribution in [-0.2, 0) is 9.59 Å². The topological polar surface area (TPSA) is 54.4 Å². The molecule has 3 nitrogen and oxygen atoms in total. The zero-order valence-corrected chi connectivity index (χ0v) is 7.80. The lowest BCUT2D eigenvalue weighted by Crippen LogP contribution is -1.90. The summed E-state index contributed by atoms with van der Waals surface area (Å²) in [5.74, 6) is 4.59. The third-order valence-corrected chi connectivity index (χ3v) is 1.45. The maximum Gasteiger partial charge on any atom is 0.315 e. The highest BCUT2D eigenvalue weighted by molar-refractivity contribution is 5.75. The van der Waals surface area contributed by atoms with E-state index in [-0.39, 0.29) is 12.2 Å². The summed E-state index contributed by atoms with van der Waals surface area (Å²) < 4.78 is 0. The molecule has 0 saturated carbocycles. The van der Waals surface area contributed by atoms with Crippen molar-refractivity contribution in [2.24, 2.45) is 0 Å². The minimum Gasteiger partial charge on any atom is -0.481 e. The molecule has 0 amide bonds. The van der Waals surface area contributed by atoms with Crippen LogP contribution in [0, 0.1) is 11.8 Å². The van der Waals surface area contributed by atoms with Gasteiger partial charge in [0.1, 0.15) is 12.2 Å². The van der Waals surface area contributed by atoms with Crippen molar-refractivity contribution in [3.8, 4) is 11.8 Å². The smallest absolute Gasteiger partial charge is 0.315 e. The third-order valence-electron chi connectivity index (χ3n) is 1.45. The molecule has 0 saturated heterocycles. The predicted molar refractivity (Wildman–Crippen MR) is 49.2 cm³/mol. The first kappa shape index (κ1) is 11.7. The molecule has 0 aliphatic rings. The van der Waals surface area contributed by atoms with Crippen LogP contribution in [0.5, 0.6) is 0 Å². The van der Waals surface area contributed by atoms with E-state index in [1.807, 2.05) is 0 Å². The number of carboxylic acid groups (broad SMARTS) is 1. The molecule has 0 spiro atoms. The summed E-state index contributed by atoms with van der Waals surface area (Å²) in [5, 5.41) is 8.24. The van der Waals surface area contributed by atoms with Crippen LogP contribution in [0.2, 0.25) is 0 Å². The van der Waals surface area contributed by atoms with Gasteiger partial charge in [0.15, 0.2) is 0 Å². The molecule has 0 atom stereocenters. The van der Waals surface area contributed by atoms with E-state index in [0.29, 0.717) is 12.8 Å². The van der Waals surface area contributed by atoms with Crippen LogP contribution in [0.3, 0.4) is 0 Å². The fraction of sp³-hybridized carbons (Fsp3) is 0.600. The molecular formula is C10H14O3. The minimum atomic E-state index is -0.892. The summed E-state index contributed by atoms with van der Waals surface area (Å²) in [7, 11) is 0. The molecule has 0 heterocycles. The van der Waals surface area contributed by atoms with Gasteiger partial charge < -0.3 is 9.90 Å². The van der Waals surface area contributed by atoms with Crippen molar-refractivity contribution in [2.45, 2.75) is 39.0 Å². The lowest BCUT2D eigenvalue weighted by atomic mass is 10.1. The van der Waals surface area contributed by atoms with Gasteiger partial charge in [0, 0.05) is 12.8 Å². The number of unbranched alkanes of at least 4 members (excludes halogenated alkanes) is 2. The number of carbonyl (C=O) groups excluding carboxylic acids is 1. The molecule has 0 rings (SSSR count). The monoisotopic (exact) mass is 182 g/mol. The van der Waals surface area contributed by atoms with Gasteiger partial charge in [0.05, 0.1) is 0 Å². The van der Waals surface area contributed by atoms with Crippen LogP contribution in [-0.4, -0.2) is 16.9 Å². The van der Waals surface area contributed by atoms with Crippen LogP contribution in [0.4, 0.5) is 0 Å². The Hall–Kier alpha value is -1.30. The van der Waals surface area contributed by atoms with Crippen molar-refractivity contribution in [3.05, 3.63) is 0 Å². The van der Waals surface area contributed by atoms with Gasteiger partial charge in [-0.25, -0.2) is 0 Å². The van der Waals surface area contributed by atoms with E-state index in [9.17, 15) is 9.59 Å². The molecule has 0 aliphatic heterocycles. The number of hydrogen-bond acceptors (Lipinski definition) is 2. The molecule has 3 heteroatoms. The Bertz CT molecular complexity index is 232. The Morgan fingerprint density at radius 2 is 1.92 bits per heavy atom. The first-order chi connectivity index (χ1) is 6.13. The number of carboxylic acids is 1. The van der Waals surface area contributed by atoms with Gasteiger partial charge in [-0.3, -0.25) is 4.79 Å². The van der Waals surface area contributed by atoms with Crippen LogP contribution in [0.1, 0.15) is 39.0 Å². The zero-order valence-electron chi connectivity index (χ0n) is 7.80. The lowest BCUT2D eigenvalue weighted by molar-refractivity contribution is -0.135. The molecule has 0 fully saturated rings. The second-order valence-electron chi connectivity index (χ2n) is 2.83. The molecule has 0 aromatic heterocycles. The molecule has 0 unspecified atom stereocenters. The van der Waals surface area contributed by atoms with Crippen molar-refractivity contribution in [2.75, 3.05) is 0 Å². The highest BCUT2D eigenvalue weighted by Gasteiger charge is 1.92. The second kappa shape index (κ2) is 7.35. The fourth-order valence-electron chi connectivity index (χ4n) is 0.814. The second-order valence-corrected chi connectivity index (χ2v) is 2.83. The SMILES string of the molecule is CC(=O)CCCCC#CCC(=O)O. The standard InChI is InChI=1S/C10H14O3/c1-9(11)7-5-3-2-4-6-8-10(12)13/h2-3,5,7-8H2,1H3,(H,12,13). The highest BCUT2D eigenvalue weighted by Crippen LogP contribution is 1.98. The van der Waals surface area contributed by atoms with E-state index < -0.39 is 5.97 Å². The first-order valence-electron chi connectivity index (χ1n) is 4.30. The van der Waals surface area contributed by atoms with Gasteiger partial charge >= 0.3 is 5.97 Å². The van der Waals surface area contributed by atoms with Gasteiger partial charge in [-0.05, 0) is 19.8 Å². The molecule has 0 bridgehead atoms. The van der Waals surface area contributed by atoms with Gasteiger partial charge in [0.25, 0.3) is 0 Å². The molecule has 72 valence electrons. The summed E-state index contributed by atoms with van der Waals surface area (Å²) in [4.78, 5) is 20.5. The number of Topliss-reactive ketones (excluding diaryl/α,β-unsaturated/α-hetero) is 1. The van der Waals surface area contributed by atoms with Gasteiger partial charge in [-0.1, -0.05) is 5.92 Å². The number of rotatable bonds is 5. The Balaban J connectivity index is 3.28. The van der Waals surface area contributed by atoms with E-state index in [1.165, 1.54) is 0 Å². The molecule has 1 N–H and O–H groups in total. The molecule has 0 radical (unpaired) electrons.